The molecule has 0 spiro atoms. The summed E-state index contributed by atoms with van der Waals surface area (Å²) < 4.78 is 37.2. The van der Waals surface area contributed by atoms with Gasteiger partial charge < -0.3 is 10.6 Å². The van der Waals surface area contributed by atoms with Crippen molar-refractivity contribution in [3.8, 4) is 0 Å². The average molecular weight is 475 g/mol. The molecule has 0 aliphatic rings. The van der Waals surface area contributed by atoms with Crippen molar-refractivity contribution in [1.29, 1.82) is 0 Å². The van der Waals surface area contributed by atoms with Crippen LogP contribution in [0.1, 0.15) is 17.5 Å². The summed E-state index contributed by atoms with van der Waals surface area (Å²) in [6, 6.07) is 12.4. The minimum Gasteiger partial charge on any atom is -0.347 e. The standard InChI is InChI=1S/C21H19Cl2F3N2O3/c22-15-8-6-14(10-16(15)23)7-9-19(30)28-17(11-13-4-2-1-3-5-13)20(31)27-12-18(29)21(24,25)26/h1-6,8,10,17H,7,9,11-12H2,(H,27,31)(H,28,30). The molecule has 0 aliphatic carbocycles. The van der Waals surface area contributed by atoms with E-state index in [1.165, 1.54) is 0 Å². The van der Waals surface area contributed by atoms with E-state index in [0.717, 1.165) is 5.56 Å². The Labute approximate surface area is 186 Å². The van der Waals surface area contributed by atoms with Crippen molar-refractivity contribution in [2.45, 2.75) is 31.5 Å². The lowest BCUT2D eigenvalue weighted by molar-refractivity contribution is -0.170. The quantitative estimate of drug-likeness (QED) is 0.578. The van der Waals surface area contributed by atoms with Crippen LogP contribution in [0, 0.1) is 0 Å². The van der Waals surface area contributed by atoms with E-state index in [2.05, 4.69) is 5.32 Å². The number of Topliss-reactive ketones (excluding diaryl/α,β-unsaturated/α-hetero) is 1. The zero-order chi connectivity index (χ0) is 23.0. The van der Waals surface area contributed by atoms with Gasteiger partial charge in [-0.3, -0.25) is 14.4 Å². The van der Waals surface area contributed by atoms with Crippen LogP contribution in [0.25, 0.3) is 0 Å². The van der Waals surface area contributed by atoms with Crippen LogP contribution >= 0.6 is 23.2 Å². The molecule has 1 unspecified atom stereocenters. The first-order valence-corrected chi connectivity index (χ1v) is 9.97. The number of carbonyl (C=O) groups is 3. The van der Waals surface area contributed by atoms with Gasteiger partial charge in [0.25, 0.3) is 5.78 Å². The molecule has 0 aromatic heterocycles. The van der Waals surface area contributed by atoms with E-state index in [0.29, 0.717) is 22.0 Å². The lowest BCUT2D eigenvalue weighted by atomic mass is 10.0. The second-order valence-electron chi connectivity index (χ2n) is 6.70. The average Bonchev–Trinajstić information content (AvgIpc) is 2.72. The van der Waals surface area contributed by atoms with Gasteiger partial charge in [0, 0.05) is 12.8 Å². The molecular weight excluding hydrogens is 456 g/mol. The maximum atomic E-state index is 12.4. The lowest BCUT2D eigenvalue weighted by Crippen LogP contribution is -2.50. The minimum atomic E-state index is -5.05. The molecule has 0 bridgehead atoms. The number of amides is 2. The van der Waals surface area contributed by atoms with Crippen molar-refractivity contribution in [2.75, 3.05) is 6.54 Å². The van der Waals surface area contributed by atoms with Gasteiger partial charge in [-0.15, -0.1) is 0 Å². The second kappa shape index (κ2) is 11.2. The highest BCUT2D eigenvalue weighted by Gasteiger charge is 2.38. The maximum absolute atomic E-state index is 12.4. The first-order valence-electron chi connectivity index (χ1n) is 9.21. The highest BCUT2D eigenvalue weighted by atomic mass is 35.5. The molecule has 0 saturated heterocycles. The Morgan fingerprint density at radius 1 is 0.935 bits per heavy atom. The highest BCUT2D eigenvalue weighted by Crippen LogP contribution is 2.23. The Kier molecular flexibility index (Phi) is 8.88. The normalized spacial score (nSPS) is 12.2. The molecule has 166 valence electrons. The van der Waals surface area contributed by atoms with Gasteiger partial charge in [-0.05, 0) is 29.7 Å². The molecule has 31 heavy (non-hydrogen) atoms. The lowest BCUT2D eigenvalue weighted by Gasteiger charge is -2.19. The van der Waals surface area contributed by atoms with Gasteiger partial charge in [-0.25, -0.2) is 0 Å². The first kappa shape index (κ1) is 24.7. The molecule has 0 radical (unpaired) electrons. The molecule has 2 aromatic rings. The van der Waals surface area contributed by atoms with Gasteiger partial charge in [0.2, 0.25) is 11.8 Å². The Balaban J connectivity index is 2.01. The van der Waals surface area contributed by atoms with Crippen LogP contribution in [-0.4, -0.2) is 36.4 Å². The summed E-state index contributed by atoms with van der Waals surface area (Å²) in [7, 11) is 0. The summed E-state index contributed by atoms with van der Waals surface area (Å²) in [5.41, 5.74) is 1.44. The van der Waals surface area contributed by atoms with E-state index >= 15 is 0 Å². The molecule has 2 amide bonds. The smallest absolute Gasteiger partial charge is 0.347 e. The fourth-order valence-corrected chi connectivity index (χ4v) is 2.99. The van der Waals surface area contributed by atoms with Crippen LogP contribution in [0.15, 0.2) is 48.5 Å². The number of halogens is 5. The largest absolute Gasteiger partial charge is 0.451 e. The third-order valence-corrected chi connectivity index (χ3v) is 5.04. The number of hydrogen-bond donors (Lipinski definition) is 2. The van der Waals surface area contributed by atoms with Crippen molar-refractivity contribution < 1.29 is 27.6 Å². The van der Waals surface area contributed by atoms with Gasteiger partial charge in [0.15, 0.2) is 0 Å². The number of carbonyl (C=O) groups excluding carboxylic acids is 3. The summed E-state index contributed by atoms with van der Waals surface area (Å²) in [5, 5.41) is 5.19. The van der Waals surface area contributed by atoms with Crippen molar-refractivity contribution in [2.24, 2.45) is 0 Å². The van der Waals surface area contributed by atoms with Crippen LogP contribution in [0.3, 0.4) is 0 Å². The van der Waals surface area contributed by atoms with Gasteiger partial charge in [0.05, 0.1) is 16.6 Å². The summed E-state index contributed by atoms with van der Waals surface area (Å²) in [6.45, 7) is -1.20. The summed E-state index contributed by atoms with van der Waals surface area (Å²) in [5.74, 6) is -3.45. The zero-order valence-electron chi connectivity index (χ0n) is 16.1. The van der Waals surface area contributed by atoms with E-state index in [4.69, 9.17) is 23.2 Å². The number of benzene rings is 2. The maximum Gasteiger partial charge on any atom is 0.451 e. The Bertz CT molecular complexity index is 937. The molecule has 0 saturated carbocycles. The number of nitrogens with one attached hydrogen (secondary N) is 2. The summed E-state index contributed by atoms with van der Waals surface area (Å²) >= 11 is 11.8. The molecule has 2 N–H and O–H groups in total. The highest BCUT2D eigenvalue weighted by molar-refractivity contribution is 6.42. The zero-order valence-corrected chi connectivity index (χ0v) is 17.7. The van der Waals surface area contributed by atoms with E-state index < -0.39 is 36.4 Å². The topological polar surface area (TPSA) is 75.3 Å². The van der Waals surface area contributed by atoms with E-state index in [1.807, 2.05) is 5.32 Å². The third kappa shape index (κ3) is 8.22. The first-order chi connectivity index (χ1) is 14.6. The van der Waals surface area contributed by atoms with Crippen LogP contribution in [0.5, 0.6) is 0 Å². The number of aryl methyl sites for hydroxylation is 1. The van der Waals surface area contributed by atoms with Gasteiger partial charge in [-0.2, -0.15) is 13.2 Å². The molecule has 10 heteroatoms. The predicted octanol–water partition coefficient (Wildman–Crippen LogP) is 3.90. The van der Waals surface area contributed by atoms with Crippen LogP contribution in [0.2, 0.25) is 10.0 Å². The third-order valence-electron chi connectivity index (χ3n) is 4.30. The van der Waals surface area contributed by atoms with Crippen LogP contribution < -0.4 is 10.6 Å². The fraction of sp³-hybridized carbons (Fsp3) is 0.286. The summed E-state index contributed by atoms with van der Waals surface area (Å²) in [4.78, 5) is 35.8. The second-order valence-corrected chi connectivity index (χ2v) is 7.51. The molecule has 0 heterocycles. The van der Waals surface area contributed by atoms with Gasteiger partial charge in [-0.1, -0.05) is 59.6 Å². The van der Waals surface area contributed by atoms with Crippen LogP contribution in [-0.2, 0) is 27.2 Å². The molecule has 1 atom stereocenters. The molecule has 2 aromatic carbocycles. The van der Waals surface area contributed by atoms with Crippen molar-refractivity contribution >= 4 is 40.8 Å². The number of rotatable bonds is 9. The Morgan fingerprint density at radius 2 is 1.61 bits per heavy atom. The Morgan fingerprint density at radius 3 is 2.23 bits per heavy atom. The molecule has 2 rings (SSSR count). The number of ketones is 1. The molecule has 5 nitrogen and oxygen atoms in total. The van der Waals surface area contributed by atoms with Crippen LogP contribution in [0.4, 0.5) is 13.2 Å². The van der Waals surface area contributed by atoms with Crippen molar-refractivity contribution in [3.05, 3.63) is 69.7 Å². The SMILES string of the molecule is O=C(CCc1ccc(Cl)c(Cl)c1)NC(Cc1ccccc1)C(=O)NCC(=O)C(F)(F)F. The van der Waals surface area contributed by atoms with Crippen molar-refractivity contribution in [3.63, 3.8) is 0 Å². The number of hydrogen-bond acceptors (Lipinski definition) is 3. The molecule has 0 fully saturated rings. The van der Waals surface area contributed by atoms with E-state index in [1.54, 1.807) is 48.5 Å². The number of alkyl halides is 3. The fourth-order valence-electron chi connectivity index (χ4n) is 2.67. The van der Waals surface area contributed by atoms with Crippen molar-refractivity contribution in [1.82, 2.24) is 10.6 Å². The molecular formula is C21H19Cl2F3N2O3. The monoisotopic (exact) mass is 474 g/mol. The minimum absolute atomic E-state index is 0.0119. The molecule has 0 aliphatic heterocycles. The van der Waals surface area contributed by atoms with Gasteiger partial charge >= 0.3 is 6.18 Å². The van der Waals surface area contributed by atoms with E-state index in [-0.39, 0.29) is 12.8 Å². The summed E-state index contributed by atoms with van der Waals surface area (Å²) in [6.07, 6.45) is -4.68. The van der Waals surface area contributed by atoms with Gasteiger partial charge in [0.1, 0.15) is 6.04 Å². The predicted molar refractivity (Wildman–Crippen MR) is 111 cm³/mol. The Hall–Kier alpha value is -2.58. The van der Waals surface area contributed by atoms with E-state index in [9.17, 15) is 27.6 Å².